The highest BCUT2D eigenvalue weighted by Crippen LogP contribution is 2.07. The highest BCUT2D eigenvalue weighted by Gasteiger charge is 2.13. The molecule has 4 heteroatoms. The molecule has 72 valence electrons. The van der Waals surface area contributed by atoms with Crippen molar-refractivity contribution in [2.45, 2.75) is 31.8 Å². The first-order valence-corrected chi connectivity index (χ1v) is 4.84. The molecule has 1 aromatic heterocycles. The molecule has 0 amide bonds. The second-order valence-corrected chi connectivity index (χ2v) is 3.56. The van der Waals surface area contributed by atoms with Crippen LogP contribution in [0.3, 0.4) is 0 Å². The van der Waals surface area contributed by atoms with Crippen LogP contribution in [0, 0.1) is 0 Å². The third-order valence-corrected chi connectivity index (χ3v) is 2.54. The predicted molar refractivity (Wildman–Crippen MR) is 50.7 cm³/mol. The molecule has 1 atom stereocenters. The molecule has 1 unspecified atom stereocenters. The van der Waals surface area contributed by atoms with Crippen molar-refractivity contribution in [2.75, 3.05) is 6.54 Å². The standard InChI is InChI=1S/C9H15N3O/c13-9-4-6-11-12(9)7-8-3-1-2-5-10-8/h4,6,8,10-11H,1-3,5,7H2. The van der Waals surface area contributed by atoms with E-state index in [1.807, 2.05) is 0 Å². The fourth-order valence-corrected chi connectivity index (χ4v) is 1.80. The summed E-state index contributed by atoms with van der Waals surface area (Å²) >= 11 is 0. The number of hydrogen-bond donors (Lipinski definition) is 2. The van der Waals surface area contributed by atoms with Crippen molar-refractivity contribution in [2.24, 2.45) is 0 Å². The maximum atomic E-state index is 11.2. The number of hydrogen-bond acceptors (Lipinski definition) is 2. The second kappa shape index (κ2) is 3.79. The van der Waals surface area contributed by atoms with E-state index in [-0.39, 0.29) is 5.56 Å². The number of aromatic amines is 1. The fraction of sp³-hybridized carbons (Fsp3) is 0.667. The van der Waals surface area contributed by atoms with Gasteiger partial charge in [-0.05, 0) is 19.4 Å². The lowest BCUT2D eigenvalue weighted by Crippen LogP contribution is -2.39. The van der Waals surface area contributed by atoms with Gasteiger partial charge < -0.3 is 10.4 Å². The average molecular weight is 181 g/mol. The summed E-state index contributed by atoms with van der Waals surface area (Å²) in [4.78, 5) is 11.2. The first kappa shape index (κ1) is 8.56. The summed E-state index contributed by atoms with van der Waals surface area (Å²) < 4.78 is 1.66. The molecular formula is C9H15N3O. The van der Waals surface area contributed by atoms with Gasteiger partial charge in [0.1, 0.15) is 0 Å². The Morgan fingerprint density at radius 3 is 3.08 bits per heavy atom. The molecule has 0 aromatic carbocycles. The van der Waals surface area contributed by atoms with E-state index >= 15 is 0 Å². The fourth-order valence-electron chi connectivity index (χ4n) is 1.80. The van der Waals surface area contributed by atoms with E-state index in [1.165, 1.54) is 19.3 Å². The minimum Gasteiger partial charge on any atom is -0.312 e. The molecule has 1 aromatic rings. The average Bonchev–Trinajstić information content (AvgIpc) is 2.54. The first-order valence-electron chi connectivity index (χ1n) is 4.84. The summed E-state index contributed by atoms with van der Waals surface area (Å²) in [5, 5.41) is 6.32. The second-order valence-electron chi connectivity index (χ2n) is 3.56. The third-order valence-electron chi connectivity index (χ3n) is 2.54. The molecule has 0 aliphatic carbocycles. The number of piperidine rings is 1. The summed E-state index contributed by atoms with van der Waals surface area (Å²) in [6.45, 7) is 1.85. The maximum Gasteiger partial charge on any atom is 0.266 e. The Kier molecular flexibility index (Phi) is 2.49. The molecule has 2 heterocycles. The molecular weight excluding hydrogens is 166 g/mol. The van der Waals surface area contributed by atoms with Gasteiger partial charge in [-0.3, -0.25) is 9.48 Å². The Morgan fingerprint density at radius 1 is 1.54 bits per heavy atom. The van der Waals surface area contributed by atoms with E-state index in [0.29, 0.717) is 6.04 Å². The van der Waals surface area contributed by atoms with Gasteiger partial charge >= 0.3 is 0 Å². The Balaban J connectivity index is 1.97. The van der Waals surface area contributed by atoms with Crippen LogP contribution < -0.4 is 10.9 Å². The molecule has 2 rings (SSSR count). The molecule has 1 saturated heterocycles. The van der Waals surface area contributed by atoms with Crippen molar-refractivity contribution >= 4 is 0 Å². The van der Waals surface area contributed by atoms with Gasteiger partial charge in [0, 0.05) is 18.3 Å². The molecule has 1 aliphatic rings. The summed E-state index contributed by atoms with van der Waals surface area (Å²) in [5.41, 5.74) is 0.0624. The molecule has 0 bridgehead atoms. The lowest BCUT2D eigenvalue weighted by molar-refractivity contribution is 0.348. The number of nitrogens with zero attached hydrogens (tertiary/aromatic N) is 1. The van der Waals surface area contributed by atoms with Gasteiger partial charge in [0.25, 0.3) is 5.56 Å². The van der Waals surface area contributed by atoms with E-state index in [4.69, 9.17) is 0 Å². The molecule has 1 fully saturated rings. The largest absolute Gasteiger partial charge is 0.312 e. The van der Waals surface area contributed by atoms with Crippen molar-refractivity contribution in [3.63, 3.8) is 0 Å². The van der Waals surface area contributed by atoms with Crippen LogP contribution in [0.25, 0.3) is 0 Å². The van der Waals surface area contributed by atoms with Gasteiger partial charge in [0.15, 0.2) is 0 Å². The SMILES string of the molecule is O=c1cc[nH]n1CC1CCCCN1. The van der Waals surface area contributed by atoms with Gasteiger partial charge in [-0.1, -0.05) is 6.42 Å². The quantitative estimate of drug-likeness (QED) is 0.690. The molecule has 13 heavy (non-hydrogen) atoms. The molecule has 1 aliphatic heterocycles. The van der Waals surface area contributed by atoms with Crippen LogP contribution in [0.1, 0.15) is 19.3 Å². The Labute approximate surface area is 76.9 Å². The van der Waals surface area contributed by atoms with Crippen molar-refractivity contribution in [3.05, 3.63) is 22.6 Å². The smallest absolute Gasteiger partial charge is 0.266 e. The topological polar surface area (TPSA) is 49.8 Å². The van der Waals surface area contributed by atoms with Crippen LogP contribution in [0.5, 0.6) is 0 Å². The molecule has 2 N–H and O–H groups in total. The highest BCUT2D eigenvalue weighted by atomic mass is 16.1. The summed E-state index contributed by atoms with van der Waals surface area (Å²) in [5.74, 6) is 0. The molecule has 0 saturated carbocycles. The van der Waals surface area contributed by atoms with Gasteiger partial charge in [-0.2, -0.15) is 0 Å². The number of aromatic nitrogens is 2. The van der Waals surface area contributed by atoms with Crippen LogP contribution in [0.2, 0.25) is 0 Å². The zero-order chi connectivity index (χ0) is 9.10. The van der Waals surface area contributed by atoms with Gasteiger partial charge in [-0.15, -0.1) is 0 Å². The Bertz CT molecular complexity index is 309. The zero-order valence-corrected chi connectivity index (χ0v) is 7.62. The monoisotopic (exact) mass is 181 g/mol. The Morgan fingerprint density at radius 2 is 2.46 bits per heavy atom. The van der Waals surface area contributed by atoms with Crippen molar-refractivity contribution < 1.29 is 0 Å². The summed E-state index contributed by atoms with van der Waals surface area (Å²) in [6, 6.07) is 2.02. The van der Waals surface area contributed by atoms with Crippen LogP contribution in [-0.2, 0) is 6.54 Å². The van der Waals surface area contributed by atoms with E-state index in [2.05, 4.69) is 10.4 Å². The number of H-pyrrole nitrogens is 1. The van der Waals surface area contributed by atoms with Crippen molar-refractivity contribution in [3.8, 4) is 0 Å². The van der Waals surface area contributed by atoms with E-state index < -0.39 is 0 Å². The van der Waals surface area contributed by atoms with Crippen LogP contribution in [0.4, 0.5) is 0 Å². The molecule has 4 nitrogen and oxygen atoms in total. The normalized spacial score (nSPS) is 23.2. The molecule has 0 spiro atoms. The van der Waals surface area contributed by atoms with Gasteiger partial charge in [-0.25, -0.2) is 0 Å². The lowest BCUT2D eigenvalue weighted by Gasteiger charge is -2.23. The minimum absolute atomic E-state index is 0.0624. The Hall–Kier alpha value is -1.03. The third kappa shape index (κ3) is 2.01. The van der Waals surface area contributed by atoms with Gasteiger partial charge in [0.05, 0.1) is 6.54 Å². The minimum atomic E-state index is 0.0624. The summed E-state index contributed by atoms with van der Waals surface area (Å²) in [7, 11) is 0. The van der Waals surface area contributed by atoms with Crippen LogP contribution in [-0.4, -0.2) is 22.4 Å². The van der Waals surface area contributed by atoms with Crippen molar-refractivity contribution in [1.29, 1.82) is 0 Å². The lowest BCUT2D eigenvalue weighted by atomic mass is 10.1. The van der Waals surface area contributed by atoms with Crippen LogP contribution >= 0.6 is 0 Å². The van der Waals surface area contributed by atoms with E-state index in [1.54, 1.807) is 16.9 Å². The van der Waals surface area contributed by atoms with Gasteiger partial charge in [0.2, 0.25) is 0 Å². The molecule has 0 radical (unpaired) electrons. The number of rotatable bonds is 2. The number of nitrogens with one attached hydrogen (secondary N) is 2. The maximum absolute atomic E-state index is 11.2. The predicted octanol–water partition coefficient (Wildman–Crippen LogP) is 0.318. The summed E-state index contributed by atoms with van der Waals surface area (Å²) in [6.07, 6.45) is 5.39. The van der Waals surface area contributed by atoms with E-state index in [9.17, 15) is 4.79 Å². The first-order chi connectivity index (χ1) is 6.36. The zero-order valence-electron chi connectivity index (χ0n) is 7.62. The highest BCUT2D eigenvalue weighted by molar-refractivity contribution is 4.82. The van der Waals surface area contributed by atoms with Crippen molar-refractivity contribution in [1.82, 2.24) is 15.1 Å². The van der Waals surface area contributed by atoms with E-state index in [0.717, 1.165) is 13.1 Å². The van der Waals surface area contributed by atoms with Crippen LogP contribution in [0.15, 0.2) is 17.1 Å².